The van der Waals surface area contributed by atoms with Crippen molar-refractivity contribution >= 4 is 10.9 Å². The van der Waals surface area contributed by atoms with E-state index in [1.807, 2.05) is 59.3 Å². The molecular formula is C23H18F3NO. The van der Waals surface area contributed by atoms with Crippen LogP contribution in [0.2, 0.25) is 0 Å². The van der Waals surface area contributed by atoms with Gasteiger partial charge >= 0.3 is 6.18 Å². The van der Waals surface area contributed by atoms with Gasteiger partial charge in [0.15, 0.2) is 0 Å². The van der Waals surface area contributed by atoms with Crippen LogP contribution in [-0.4, -0.2) is 11.7 Å². The summed E-state index contributed by atoms with van der Waals surface area (Å²) >= 11 is 0. The predicted molar refractivity (Wildman–Crippen MR) is 104 cm³/mol. The largest absolute Gasteiger partial charge is 0.497 e. The van der Waals surface area contributed by atoms with Crippen LogP contribution in [0.15, 0.2) is 79.0 Å². The molecule has 28 heavy (non-hydrogen) atoms. The fraction of sp³-hybridized carbons (Fsp3) is 0.130. The molecule has 0 aliphatic heterocycles. The van der Waals surface area contributed by atoms with Crippen molar-refractivity contribution in [3.63, 3.8) is 0 Å². The Labute approximate surface area is 160 Å². The molecule has 5 heteroatoms. The third kappa shape index (κ3) is 3.48. The summed E-state index contributed by atoms with van der Waals surface area (Å²) in [5.74, 6) is 0.774. The number of aromatic nitrogens is 1. The van der Waals surface area contributed by atoms with Gasteiger partial charge in [0, 0.05) is 29.2 Å². The van der Waals surface area contributed by atoms with Gasteiger partial charge in [0.2, 0.25) is 0 Å². The molecule has 0 saturated heterocycles. The number of methoxy groups -OCH3 is 1. The van der Waals surface area contributed by atoms with Gasteiger partial charge in [-0.15, -0.1) is 0 Å². The molecule has 0 aliphatic carbocycles. The SMILES string of the molecule is COc1ccc(-c2cn(Cc3cccc(C(F)(F)F)c3)c3ccccc23)cc1. The highest BCUT2D eigenvalue weighted by Crippen LogP contribution is 2.33. The monoisotopic (exact) mass is 381 g/mol. The zero-order chi connectivity index (χ0) is 19.7. The third-order valence-electron chi connectivity index (χ3n) is 4.80. The number of ether oxygens (including phenoxy) is 1. The van der Waals surface area contributed by atoms with Crippen molar-refractivity contribution in [2.24, 2.45) is 0 Å². The fourth-order valence-corrected chi connectivity index (χ4v) is 3.42. The summed E-state index contributed by atoms with van der Waals surface area (Å²) in [6, 6.07) is 21.1. The Bertz CT molecular complexity index is 1110. The zero-order valence-corrected chi connectivity index (χ0v) is 15.2. The third-order valence-corrected chi connectivity index (χ3v) is 4.80. The molecule has 0 amide bonds. The van der Waals surface area contributed by atoms with Crippen LogP contribution >= 0.6 is 0 Å². The van der Waals surface area contributed by atoms with E-state index in [4.69, 9.17) is 4.74 Å². The van der Waals surface area contributed by atoms with Gasteiger partial charge in [-0.25, -0.2) is 0 Å². The first-order valence-corrected chi connectivity index (χ1v) is 8.84. The summed E-state index contributed by atoms with van der Waals surface area (Å²) in [6.07, 6.45) is -2.35. The van der Waals surface area contributed by atoms with Crippen LogP contribution in [-0.2, 0) is 12.7 Å². The van der Waals surface area contributed by atoms with E-state index in [-0.39, 0.29) is 0 Å². The standard InChI is InChI=1S/C23H18F3NO/c1-28-19-11-9-17(10-12-19)21-15-27(22-8-3-2-7-20(21)22)14-16-5-4-6-18(13-16)23(24,25)26/h2-13,15H,14H2,1H3. The maximum absolute atomic E-state index is 13.0. The molecule has 0 bridgehead atoms. The molecule has 1 aromatic heterocycles. The molecule has 0 spiro atoms. The molecule has 3 aromatic carbocycles. The van der Waals surface area contributed by atoms with Crippen molar-refractivity contribution in [1.29, 1.82) is 0 Å². The lowest BCUT2D eigenvalue weighted by molar-refractivity contribution is -0.137. The van der Waals surface area contributed by atoms with Crippen LogP contribution in [0.3, 0.4) is 0 Å². The van der Waals surface area contributed by atoms with Gasteiger partial charge in [-0.1, -0.05) is 42.5 Å². The molecule has 0 N–H and O–H groups in total. The molecule has 0 aliphatic rings. The number of rotatable bonds is 4. The van der Waals surface area contributed by atoms with Crippen molar-refractivity contribution in [2.75, 3.05) is 7.11 Å². The molecular weight excluding hydrogens is 363 g/mol. The maximum Gasteiger partial charge on any atom is 0.416 e. The Kier molecular flexibility index (Phi) is 4.59. The summed E-state index contributed by atoms with van der Waals surface area (Å²) in [4.78, 5) is 0. The minimum Gasteiger partial charge on any atom is -0.497 e. The number of para-hydroxylation sites is 1. The van der Waals surface area contributed by atoms with E-state index in [0.717, 1.165) is 33.8 Å². The van der Waals surface area contributed by atoms with Crippen molar-refractivity contribution in [3.8, 4) is 16.9 Å². The molecule has 0 unspecified atom stereocenters. The van der Waals surface area contributed by atoms with Crippen LogP contribution in [0.5, 0.6) is 5.75 Å². The second-order valence-corrected chi connectivity index (χ2v) is 6.61. The van der Waals surface area contributed by atoms with E-state index in [0.29, 0.717) is 12.1 Å². The Morgan fingerprint density at radius 3 is 2.36 bits per heavy atom. The van der Waals surface area contributed by atoms with Crippen LogP contribution in [0.25, 0.3) is 22.0 Å². The molecule has 0 saturated carbocycles. The molecule has 142 valence electrons. The smallest absolute Gasteiger partial charge is 0.416 e. The highest BCUT2D eigenvalue weighted by atomic mass is 19.4. The topological polar surface area (TPSA) is 14.2 Å². The van der Waals surface area contributed by atoms with E-state index in [1.165, 1.54) is 12.1 Å². The van der Waals surface area contributed by atoms with Crippen LogP contribution in [0.1, 0.15) is 11.1 Å². The number of hydrogen-bond donors (Lipinski definition) is 0. The first-order valence-electron chi connectivity index (χ1n) is 8.84. The minimum absolute atomic E-state index is 0.362. The zero-order valence-electron chi connectivity index (χ0n) is 15.2. The van der Waals surface area contributed by atoms with E-state index in [1.54, 1.807) is 13.2 Å². The van der Waals surface area contributed by atoms with E-state index in [2.05, 4.69) is 0 Å². The molecule has 0 fully saturated rings. The van der Waals surface area contributed by atoms with Gasteiger partial charge in [-0.3, -0.25) is 0 Å². The summed E-state index contributed by atoms with van der Waals surface area (Å²) in [7, 11) is 1.62. The Hall–Kier alpha value is -3.21. The van der Waals surface area contributed by atoms with E-state index < -0.39 is 11.7 Å². The van der Waals surface area contributed by atoms with Gasteiger partial charge in [-0.2, -0.15) is 13.2 Å². The molecule has 1 heterocycles. The first kappa shape index (κ1) is 18.2. The quantitative estimate of drug-likeness (QED) is 0.400. The van der Waals surface area contributed by atoms with Gasteiger partial charge in [-0.05, 0) is 41.5 Å². The molecule has 0 atom stereocenters. The van der Waals surface area contributed by atoms with Crippen LogP contribution < -0.4 is 4.74 Å². The molecule has 0 radical (unpaired) electrons. The second-order valence-electron chi connectivity index (χ2n) is 6.61. The minimum atomic E-state index is -4.34. The number of nitrogens with zero attached hydrogens (tertiary/aromatic N) is 1. The lowest BCUT2D eigenvalue weighted by Crippen LogP contribution is -2.06. The number of fused-ring (bicyclic) bond motifs is 1. The molecule has 4 rings (SSSR count). The average molecular weight is 381 g/mol. The van der Waals surface area contributed by atoms with Crippen molar-refractivity contribution in [1.82, 2.24) is 4.57 Å². The number of alkyl halides is 3. The Balaban J connectivity index is 1.76. The normalized spacial score (nSPS) is 11.7. The van der Waals surface area contributed by atoms with Crippen molar-refractivity contribution < 1.29 is 17.9 Å². The highest BCUT2D eigenvalue weighted by Gasteiger charge is 2.30. The number of benzene rings is 3. The van der Waals surface area contributed by atoms with E-state index >= 15 is 0 Å². The van der Waals surface area contributed by atoms with Gasteiger partial charge in [0.1, 0.15) is 5.75 Å². The summed E-state index contributed by atoms with van der Waals surface area (Å²) in [5, 5.41) is 1.06. The van der Waals surface area contributed by atoms with Crippen molar-refractivity contribution in [3.05, 3.63) is 90.1 Å². The highest BCUT2D eigenvalue weighted by molar-refractivity contribution is 5.96. The predicted octanol–water partition coefficient (Wildman–Crippen LogP) is 6.38. The van der Waals surface area contributed by atoms with E-state index in [9.17, 15) is 13.2 Å². The van der Waals surface area contributed by atoms with Crippen LogP contribution in [0, 0.1) is 0 Å². The number of hydrogen-bond acceptors (Lipinski definition) is 1. The molecule has 2 nitrogen and oxygen atoms in total. The van der Waals surface area contributed by atoms with Crippen LogP contribution in [0.4, 0.5) is 13.2 Å². The number of halogens is 3. The maximum atomic E-state index is 13.0. The summed E-state index contributed by atoms with van der Waals surface area (Å²) in [5.41, 5.74) is 3.02. The summed E-state index contributed by atoms with van der Waals surface area (Å²) < 4.78 is 46.3. The Morgan fingerprint density at radius 2 is 1.64 bits per heavy atom. The lowest BCUT2D eigenvalue weighted by atomic mass is 10.0. The van der Waals surface area contributed by atoms with Gasteiger partial charge in [0.25, 0.3) is 0 Å². The first-order chi connectivity index (χ1) is 13.5. The summed E-state index contributed by atoms with van der Waals surface area (Å²) in [6.45, 7) is 0.362. The second kappa shape index (κ2) is 7.08. The average Bonchev–Trinajstić information content (AvgIpc) is 3.06. The lowest BCUT2D eigenvalue weighted by Gasteiger charge is -2.10. The Morgan fingerprint density at radius 1 is 0.893 bits per heavy atom. The van der Waals surface area contributed by atoms with Gasteiger partial charge in [0.05, 0.1) is 12.7 Å². The molecule has 4 aromatic rings. The van der Waals surface area contributed by atoms with Crippen molar-refractivity contribution in [2.45, 2.75) is 12.7 Å². The van der Waals surface area contributed by atoms with Gasteiger partial charge < -0.3 is 9.30 Å². The fourth-order valence-electron chi connectivity index (χ4n) is 3.42.